The van der Waals surface area contributed by atoms with Crippen molar-refractivity contribution in [2.75, 3.05) is 30.5 Å². The second kappa shape index (κ2) is 7.20. The Morgan fingerprint density at radius 1 is 1.35 bits per heavy atom. The molecule has 1 atom stereocenters. The van der Waals surface area contributed by atoms with Crippen molar-refractivity contribution in [2.45, 2.75) is 32.8 Å². The van der Waals surface area contributed by atoms with Crippen LogP contribution in [0.3, 0.4) is 0 Å². The number of rotatable bonds is 6. The van der Waals surface area contributed by atoms with Crippen LogP contribution in [0.1, 0.15) is 26.7 Å². The maximum Gasteiger partial charge on any atom is 0.323 e. The van der Waals surface area contributed by atoms with Gasteiger partial charge in [0.2, 0.25) is 11.9 Å². The average molecular weight is 282 g/mol. The Hall–Kier alpha value is -1.67. The van der Waals surface area contributed by atoms with Gasteiger partial charge in [-0.2, -0.15) is 15.0 Å². The molecule has 2 rings (SSSR count). The molecule has 1 unspecified atom stereocenters. The van der Waals surface area contributed by atoms with Gasteiger partial charge >= 0.3 is 6.01 Å². The normalized spacial score (nSPS) is 18.9. The Bertz CT molecular complexity index is 422. The third kappa shape index (κ3) is 4.46. The Morgan fingerprint density at radius 2 is 2.15 bits per heavy atom. The molecule has 1 aromatic heterocycles. The highest BCUT2D eigenvalue weighted by atomic mass is 16.5. The molecule has 2 heterocycles. The van der Waals surface area contributed by atoms with Gasteiger partial charge in [-0.15, -0.1) is 0 Å². The van der Waals surface area contributed by atoms with Gasteiger partial charge in [0.25, 0.3) is 0 Å². The number of aromatic nitrogens is 3. The third-order valence-electron chi connectivity index (χ3n) is 2.89. The van der Waals surface area contributed by atoms with Crippen molar-refractivity contribution in [1.29, 1.82) is 0 Å². The molecule has 8 nitrogen and oxygen atoms in total. The highest BCUT2D eigenvalue weighted by molar-refractivity contribution is 5.34. The molecular weight excluding hydrogens is 260 g/mol. The van der Waals surface area contributed by atoms with E-state index < -0.39 is 0 Å². The highest BCUT2D eigenvalue weighted by Gasteiger charge is 2.15. The quantitative estimate of drug-likeness (QED) is 0.519. The predicted octanol–water partition coefficient (Wildman–Crippen LogP) is 0.783. The zero-order chi connectivity index (χ0) is 14.4. The fourth-order valence-corrected chi connectivity index (χ4v) is 1.97. The number of hydrogen-bond donors (Lipinski definition) is 3. The molecule has 1 saturated heterocycles. The molecule has 4 N–H and O–H groups in total. The van der Waals surface area contributed by atoms with Gasteiger partial charge in [0.15, 0.2) is 0 Å². The van der Waals surface area contributed by atoms with E-state index in [0.717, 1.165) is 32.6 Å². The first-order valence-corrected chi connectivity index (χ1v) is 6.88. The van der Waals surface area contributed by atoms with Crippen LogP contribution in [0.2, 0.25) is 0 Å². The van der Waals surface area contributed by atoms with Crippen LogP contribution in [0.5, 0.6) is 6.01 Å². The minimum atomic E-state index is -0.0115. The van der Waals surface area contributed by atoms with Crippen LogP contribution in [0.15, 0.2) is 0 Å². The van der Waals surface area contributed by atoms with Crippen molar-refractivity contribution < 1.29 is 9.47 Å². The number of hydrogen-bond acceptors (Lipinski definition) is 8. The maximum absolute atomic E-state index is 5.47. The Morgan fingerprint density at radius 3 is 2.80 bits per heavy atom. The largest absolute Gasteiger partial charge is 0.461 e. The summed E-state index contributed by atoms with van der Waals surface area (Å²) in [6.45, 7) is 6.21. The lowest BCUT2D eigenvalue weighted by Crippen LogP contribution is -2.25. The molecule has 0 saturated carbocycles. The molecule has 0 amide bonds. The smallest absolute Gasteiger partial charge is 0.323 e. The van der Waals surface area contributed by atoms with Gasteiger partial charge in [-0.1, -0.05) is 0 Å². The van der Waals surface area contributed by atoms with E-state index in [4.69, 9.17) is 15.3 Å². The summed E-state index contributed by atoms with van der Waals surface area (Å²) in [5.41, 5.74) is 2.41. The fourth-order valence-electron chi connectivity index (χ4n) is 1.97. The number of hydrazine groups is 1. The van der Waals surface area contributed by atoms with Gasteiger partial charge in [-0.25, -0.2) is 5.84 Å². The standard InChI is InChI=1S/C12H22N6O2/c1-8(2)20-12-16-10(15-11(17-12)18-13)14-6-9-4-3-5-19-7-9/h8-9H,3-7,13H2,1-2H3,(H2,14,15,16,17,18). The topological polar surface area (TPSA) is 107 Å². The van der Waals surface area contributed by atoms with Crippen LogP contribution in [0, 0.1) is 5.92 Å². The summed E-state index contributed by atoms with van der Waals surface area (Å²) >= 11 is 0. The Balaban J connectivity index is 1.98. The maximum atomic E-state index is 5.47. The molecule has 8 heteroatoms. The molecule has 112 valence electrons. The van der Waals surface area contributed by atoms with Crippen LogP contribution < -0.4 is 21.3 Å². The van der Waals surface area contributed by atoms with Crippen molar-refractivity contribution in [2.24, 2.45) is 11.8 Å². The number of anilines is 2. The SMILES string of the molecule is CC(C)Oc1nc(NN)nc(NCC2CCCOC2)n1. The van der Waals surface area contributed by atoms with Crippen molar-refractivity contribution in [3.8, 4) is 6.01 Å². The molecule has 1 aliphatic heterocycles. The number of nitrogen functional groups attached to an aromatic ring is 1. The monoisotopic (exact) mass is 282 g/mol. The number of nitrogens with two attached hydrogens (primary N) is 1. The van der Waals surface area contributed by atoms with E-state index in [1.54, 1.807) is 0 Å². The summed E-state index contributed by atoms with van der Waals surface area (Å²) in [5.74, 6) is 6.56. The molecule has 1 aromatic rings. The van der Waals surface area contributed by atoms with E-state index in [1.165, 1.54) is 0 Å². The van der Waals surface area contributed by atoms with Crippen molar-refractivity contribution in [3.05, 3.63) is 0 Å². The van der Waals surface area contributed by atoms with Crippen LogP contribution in [0.4, 0.5) is 11.9 Å². The van der Waals surface area contributed by atoms with Gasteiger partial charge in [0, 0.05) is 13.2 Å². The molecule has 20 heavy (non-hydrogen) atoms. The molecule has 0 radical (unpaired) electrons. The van der Waals surface area contributed by atoms with Crippen LogP contribution >= 0.6 is 0 Å². The lowest BCUT2D eigenvalue weighted by Gasteiger charge is -2.22. The van der Waals surface area contributed by atoms with Gasteiger partial charge in [0.1, 0.15) is 0 Å². The van der Waals surface area contributed by atoms with E-state index in [0.29, 0.717) is 11.9 Å². The van der Waals surface area contributed by atoms with Gasteiger partial charge < -0.3 is 14.8 Å². The summed E-state index contributed by atoms with van der Waals surface area (Å²) in [7, 11) is 0. The number of nitrogens with one attached hydrogen (secondary N) is 2. The predicted molar refractivity (Wildman–Crippen MR) is 75.4 cm³/mol. The van der Waals surface area contributed by atoms with Gasteiger partial charge in [0.05, 0.1) is 12.7 Å². The summed E-state index contributed by atoms with van der Waals surface area (Å²) in [6.07, 6.45) is 2.23. The van der Waals surface area contributed by atoms with Crippen molar-refractivity contribution in [3.63, 3.8) is 0 Å². The lowest BCUT2D eigenvalue weighted by molar-refractivity contribution is 0.0594. The molecule has 1 aliphatic rings. The molecular formula is C12H22N6O2. The molecule has 0 bridgehead atoms. The average Bonchev–Trinajstić information content (AvgIpc) is 2.45. The van der Waals surface area contributed by atoms with Crippen LogP contribution in [-0.4, -0.2) is 40.8 Å². The van der Waals surface area contributed by atoms with Gasteiger partial charge in [-0.05, 0) is 32.6 Å². The summed E-state index contributed by atoms with van der Waals surface area (Å²) in [5, 5.41) is 3.18. The van der Waals surface area contributed by atoms with Crippen molar-refractivity contribution >= 4 is 11.9 Å². The minimum absolute atomic E-state index is 0.0115. The summed E-state index contributed by atoms with van der Waals surface area (Å²) in [6, 6.07) is 0.255. The first-order chi connectivity index (χ1) is 9.67. The molecule has 0 aliphatic carbocycles. The molecule has 1 fully saturated rings. The number of ether oxygens (including phenoxy) is 2. The minimum Gasteiger partial charge on any atom is -0.461 e. The second-order valence-electron chi connectivity index (χ2n) is 5.04. The van der Waals surface area contributed by atoms with E-state index in [-0.39, 0.29) is 18.1 Å². The Labute approximate surface area is 118 Å². The third-order valence-corrected chi connectivity index (χ3v) is 2.89. The van der Waals surface area contributed by atoms with Crippen LogP contribution in [-0.2, 0) is 4.74 Å². The second-order valence-corrected chi connectivity index (χ2v) is 5.04. The first-order valence-electron chi connectivity index (χ1n) is 6.88. The Kier molecular flexibility index (Phi) is 5.31. The summed E-state index contributed by atoms with van der Waals surface area (Å²) < 4.78 is 10.9. The van der Waals surface area contributed by atoms with E-state index in [9.17, 15) is 0 Å². The van der Waals surface area contributed by atoms with E-state index in [1.807, 2.05) is 13.8 Å². The van der Waals surface area contributed by atoms with Crippen LogP contribution in [0.25, 0.3) is 0 Å². The molecule has 0 spiro atoms. The number of nitrogens with zero attached hydrogens (tertiary/aromatic N) is 3. The van der Waals surface area contributed by atoms with E-state index >= 15 is 0 Å². The van der Waals surface area contributed by atoms with E-state index in [2.05, 4.69) is 25.7 Å². The zero-order valence-corrected chi connectivity index (χ0v) is 11.9. The van der Waals surface area contributed by atoms with Crippen molar-refractivity contribution in [1.82, 2.24) is 15.0 Å². The zero-order valence-electron chi connectivity index (χ0n) is 11.9. The fraction of sp³-hybridized carbons (Fsp3) is 0.750. The highest BCUT2D eigenvalue weighted by Crippen LogP contribution is 2.16. The summed E-state index contributed by atoms with van der Waals surface area (Å²) in [4.78, 5) is 12.4. The first kappa shape index (κ1) is 14.7. The molecule has 0 aromatic carbocycles. The lowest BCUT2D eigenvalue weighted by atomic mass is 10.0. The van der Waals surface area contributed by atoms with Gasteiger partial charge in [-0.3, -0.25) is 5.43 Å².